The first kappa shape index (κ1) is 21.7. The van der Waals surface area contributed by atoms with Crippen molar-refractivity contribution >= 4 is 11.8 Å². The van der Waals surface area contributed by atoms with Gasteiger partial charge < -0.3 is 10.2 Å². The molecule has 150 valence electrons. The van der Waals surface area contributed by atoms with Gasteiger partial charge in [0.2, 0.25) is 11.8 Å². The van der Waals surface area contributed by atoms with Gasteiger partial charge >= 0.3 is 0 Å². The van der Waals surface area contributed by atoms with Crippen LogP contribution in [0.2, 0.25) is 0 Å². The summed E-state index contributed by atoms with van der Waals surface area (Å²) < 4.78 is 0. The number of carbonyl (C=O) groups is 2. The smallest absolute Gasteiger partial charge is 0.242 e. The molecule has 1 N–H and O–H groups in total. The number of carbonyl (C=O) groups excluding carboxylic acids is 2. The summed E-state index contributed by atoms with van der Waals surface area (Å²) in [6.45, 7) is 12.1. The molecule has 1 atom stereocenters. The summed E-state index contributed by atoms with van der Waals surface area (Å²) in [5, 5.41) is 2.99. The highest BCUT2D eigenvalue weighted by atomic mass is 16.2. The number of nitrogens with zero attached hydrogens (tertiary/aromatic N) is 1. The summed E-state index contributed by atoms with van der Waals surface area (Å²) >= 11 is 0. The summed E-state index contributed by atoms with van der Waals surface area (Å²) in [6, 6.07) is 15.4. The minimum absolute atomic E-state index is 0.0505. The van der Waals surface area contributed by atoms with Gasteiger partial charge in [-0.1, -0.05) is 59.7 Å². The van der Waals surface area contributed by atoms with Gasteiger partial charge in [-0.05, 0) is 52.7 Å². The molecule has 0 bridgehead atoms. The van der Waals surface area contributed by atoms with Gasteiger partial charge in [0.25, 0.3) is 0 Å². The van der Waals surface area contributed by atoms with Crippen molar-refractivity contribution in [2.75, 3.05) is 0 Å². The average molecular weight is 381 g/mol. The van der Waals surface area contributed by atoms with Crippen LogP contribution in [0, 0.1) is 13.8 Å². The Balaban J connectivity index is 2.25. The summed E-state index contributed by atoms with van der Waals surface area (Å²) in [5.74, 6) is -0.192. The van der Waals surface area contributed by atoms with Gasteiger partial charge in [-0.3, -0.25) is 9.59 Å². The van der Waals surface area contributed by atoms with Gasteiger partial charge in [-0.2, -0.15) is 0 Å². The summed E-state index contributed by atoms with van der Waals surface area (Å²) in [6.07, 6.45) is 0.280. The second-order valence-electron chi connectivity index (χ2n) is 8.60. The SMILES string of the molecule is Cc1cc(C)cc(CC(=O)N(Cc2ccccc2)[C@@H](C)C(=O)NC(C)(C)C)c1. The zero-order chi connectivity index (χ0) is 20.9. The van der Waals surface area contributed by atoms with Gasteiger partial charge in [-0.25, -0.2) is 0 Å². The van der Waals surface area contributed by atoms with E-state index in [9.17, 15) is 9.59 Å². The molecule has 4 heteroatoms. The molecule has 2 aromatic carbocycles. The molecule has 0 aliphatic carbocycles. The van der Waals surface area contributed by atoms with Crippen LogP contribution in [0.25, 0.3) is 0 Å². The Kier molecular flexibility index (Phi) is 7.00. The van der Waals surface area contributed by atoms with Crippen molar-refractivity contribution in [3.8, 4) is 0 Å². The zero-order valence-corrected chi connectivity index (χ0v) is 17.9. The molecule has 0 unspecified atom stereocenters. The first-order valence-corrected chi connectivity index (χ1v) is 9.78. The molecule has 0 spiro atoms. The van der Waals surface area contributed by atoms with Crippen LogP contribution >= 0.6 is 0 Å². The normalized spacial score (nSPS) is 12.4. The predicted molar refractivity (Wildman–Crippen MR) is 114 cm³/mol. The van der Waals surface area contributed by atoms with Crippen molar-refractivity contribution < 1.29 is 9.59 Å². The largest absolute Gasteiger partial charge is 0.350 e. The van der Waals surface area contributed by atoms with Gasteiger partial charge in [0, 0.05) is 12.1 Å². The average Bonchev–Trinajstić information content (AvgIpc) is 2.57. The topological polar surface area (TPSA) is 49.4 Å². The van der Waals surface area contributed by atoms with E-state index in [0.717, 1.165) is 22.3 Å². The maximum absolute atomic E-state index is 13.2. The van der Waals surface area contributed by atoms with E-state index in [1.54, 1.807) is 11.8 Å². The molecule has 0 heterocycles. The Bertz CT molecular complexity index is 802. The first-order valence-electron chi connectivity index (χ1n) is 9.78. The van der Waals surface area contributed by atoms with E-state index in [0.29, 0.717) is 6.54 Å². The monoisotopic (exact) mass is 380 g/mol. The molecule has 2 aromatic rings. The van der Waals surface area contributed by atoms with Crippen molar-refractivity contribution in [3.63, 3.8) is 0 Å². The number of rotatable bonds is 6. The minimum Gasteiger partial charge on any atom is -0.350 e. The van der Waals surface area contributed by atoms with Crippen LogP contribution in [0.1, 0.15) is 49.9 Å². The van der Waals surface area contributed by atoms with Crippen molar-refractivity contribution in [3.05, 3.63) is 70.8 Å². The molecule has 2 rings (SSSR count). The summed E-state index contributed by atoms with van der Waals surface area (Å²) in [4.78, 5) is 27.6. The van der Waals surface area contributed by atoms with Crippen LogP contribution in [-0.2, 0) is 22.6 Å². The van der Waals surface area contributed by atoms with Gasteiger partial charge in [0.1, 0.15) is 6.04 Å². The van der Waals surface area contributed by atoms with Crippen molar-refractivity contribution in [1.29, 1.82) is 0 Å². The molecule has 28 heavy (non-hydrogen) atoms. The third kappa shape index (κ3) is 6.52. The van der Waals surface area contributed by atoms with Crippen LogP contribution < -0.4 is 5.32 Å². The molecule has 0 saturated carbocycles. The Morgan fingerprint density at radius 2 is 1.54 bits per heavy atom. The lowest BCUT2D eigenvalue weighted by atomic mass is 10.0. The fraction of sp³-hybridized carbons (Fsp3) is 0.417. The second-order valence-corrected chi connectivity index (χ2v) is 8.60. The third-order valence-electron chi connectivity index (χ3n) is 4.50. The molecule has 0 fully saturated rings. The first-order chi connectivity index (χ1) is 13.0. The highest BCUT2D eigenvalue weighted by Gasteiger charge is 2.28. The highest BCUT2D eigenvalue weighted by molar-refractivity contribution is 5.88. The molecular formula is C24H32N2O2. The van der Waals surface area contributed by atoms with Crippen LogP contribution in [0.15, 0.2) is 48.5 Å². The van der Waals surface area contributed by atoms with E-state index in [2.05, 4.69) is 11.4 Å². The van der Waals surface area contributed by atoms with Crippen LogP contribution in [0.3, 0.4) is 0 Å². The molecule has 2 amide bonds. The summed E-state index contributed by atoms with van der Waals surface area (Å²) in [5.41, 5.74) is 3.91. The molecule has 0 saturated heterocycles. The van der Waals surface area contributed by atoms with Gasteiger partial charge in [0.15, 0.2) is 0 Å². The zero-order valence-electron chi connectivity index (χ0n) is 17.9. The molecule has 0 radical (unpaired) electrons. The van der Waals surface area contributed by atoms with Crippen molar-refractivity contribution in [1.82, 2.24) is 10.2 Å². The lowest BCUT2D eigenvalue weighted by molar-refractivity contribution is -0.140. The van der Waals surface area contributed by atoms with E-state index in [1.807, 2.05) is 77.1 Å². The Morgan fingerprint density at radius 1 is 0.964 bits per heavy atom. The maximum atomic E-state index is 13.2. The van der Waals surface area contributed by atoms with Crippen molar-refractivity contribution in [2.24, 2.45) is 0 Å². The summed E-state index contributed by atoms with van der Waals surface area (Å²) in [7, 11) is 0. The van der Waals surface area contributed by atoms with Crippen LogP contribution in [0.5, 0.6) is 0 Å². The van der Waals surface area contributed by atoms with Gasteiger partial charge in [-0.15, -0.1) is 0 Å². The Labute approximate surface area is 169 Å². The fourth-order valence-electron chi connectivity index (χ4n) is 3.28. The number of amides is 2. The van der Waals surface area contributed by atoms with E-state index >= 15 is 0 Å². The lowest BCUT2D eigenvalue weighted by Gasteiger charge is -2.31. The second kappa shape index (κ2) is 9.05. The predicted octanol–water partition coefficient (Wildman–Crippen LogP) is 4.18. The molecule has 0 aliphatic rings. The molecule has 0 aromatic heterocycles. The number of benzene rings is 2. The van der Waals surface area contributed by atoms with E-state index in [1.165, 1.54) is 0 Å². The number of aryl methyl sites for hydroxylation is 2. The third-order valence-corrected chi connectivity index (χ3v) is 4.50. The standard InChI is InChI=1S/C24H32N2O2/c1-17-12-18(2)14-21(13-17)15-22(27)26(16-20-10-8-7-9-11-20)19(3)23(28)25-24(4,5)6/h7-14,19H,15-16H2,1-6H3,(H,25,28)/t19-/m0/s1. The van der Waals surface area contributed by atoms with E-state index < -0.39 is 6.04 Å². The van der Waals surface area contributed by atoms with E-state index in [4.69, 9.17) is 0 Å². The van der Waals surface area contributed by atoms with Gasteiger partial charge in [0.05, 0.1) is 6.42 Å². The quantitative estimate of drug-likeness (QED) is 0.817. The lowest BCUT2D eigenvalue weighted by Crippen LogP contribution is -2.52. The molecular weight excluding hydrogens is 348 g/mol. The Hall–Kier alpha value is -2.62. The number of hydrogen-bond donors (Lipinski definition) is 1. The molecule has 0 aliphatic heterocycles. The highest BCUT2D eigenvalue weighted by Crippen LogP contribution is 2.15. The van der Waals surface area contributed by atoms with Crippen molar-refractivity contribution in [2.45, 2.75) is 66.1 Å². The number of hydrogen-bond acceptors (Lipinski definition) is 2. The van der Waals surface area contributed by atoms with E-state index in [-0.39, 0.29) is 23.8 Å². The molecule has 4 nitrogen and oxygen atoms in total. The van der Waals surface area contributed by atoms with Crippen LogP contribution in [0.4, 0.5) is 0 Å². The minimum atomic E-state index is -0.558. The Morgan fingerprint density at radius 3 is 2.07 bits per heavy atom. The number of nitrogens with one attached hydrogen (secondary N) is 1. The van der Waals surface area contributed by atoms with Crippen LogP contribution in [-0.4, -0.2) is 28.3 Å². The fourth-order valence-corrected chi connectivity index (χ4v) is 3.28. The maximum Gasteiger partial charge on any atom is 0.242 e.